The monoisotopic (exact) mass is 293 g/mol. The Labute approximate surface area is 126 Å². The molecule has 0 unspecified atom stereocenters. The van der Waals surface area contributed by atoms with Gasteiger partial charge < -0.3 is 24.8 Å². The molecule has 0 aromatic heterocycles. The largest absolute Gasteiger partial charge is 0.497 e. The Bertz CT molecular complexity index is 457. The van der Waals surface area contributed by atoms with Gasteiger partial charge in [0.1, 0.15) is 5.75 Å². The molecule has 1 aromatic carbocycles. The van der Waals surface area contributed by atoms with Gasteiger partial charge in [0.25, 0.3) is 0 Å². The molecule has 2 rings (SSSR count). The minimum absolute atomic E-state index is 0.156. The van der Waals surface area contributed by atoms with Crippen LogP contribution in [-0.4, -0.2) is 59.0 Å². The Hall–Kier alpha value is -1.08. The number of ether oxygens (including phenoxy) is 1. The van der Waals surface area contributed by atoms with Gasteiger partial charge in [0, 0.05) is 12.1 Å². The van der Waals surface area contributed by atoms with Crippen LogP contribution < -0.4 is 4.74 Å². The van der Waals surface area contributed by atoms with Crippen molar-refractivity contribution in [2.24, 2.45) is 0 Å². The highest BCUT2D eigenvalue weighted by atomic mass is 16.5. The van der Waals surface area contributed by atoms with E-state index in [1.54, 1.807) is 13.9 Å². The van der Waals surface area contributed by atoms with Crippen LogP contribution in [0.15, 0.2) is 24.3 Å². The third kappa shape index (κ3) is 3.77. The summed E-state index contributed by atoms with van der Waals surface area (Å²) < 4.78 is 5.23. The number of rotatable bonds is 6. The fourth-order valence-electron chi connectivity index (χ4n) is 3.31. The third-order valence-corrected chi connectivity index (χ3v) is 4.27. The molecule has 1 aliphatic heterocycles. The molecule has 116 valence electrons. The Morgan fingerprint density at radius 2 is 2.19 bits per heavy atom. The molecular weight excluding hydrogens is 269 g/mol. The smallest absolute Gasteiger partial charge is 0.376 e. The predicted molar refractivity (Wildman–Crippen MR) is 82.3 cm³/mol. The van der Waals surface area contributed by atoms with Crippen LogP contribution in [0, 0.1) is 0 Å². The molecule has 1 aromatic rings. The molecule has 1 fully saturated rings. The van der Waals surface area contributed by atoms with Crippen molar-refractivity contribution < 1.29 is 20.0 Å². The van der Waals surface area contributed by atoms with Gasteiger partial charge in [-0.2, -0.15) is 0 Å². The van der Waals surface area contributed by atoms with E-state index in [4.69, 9.17) is 9.84 Å². The van der Waals surface area contributed by atoms with Crippen molar-refractivity contribution in [1.82, 2.24) is 4.81 Å². The van der Waals surface area contributed by atoms with E-state index in [0.717, 1.165) is 30.6 Å². The number of hydrogen-bond donors (Lipinski definition) is 3. The molecule has 0 saturated carbocycles. The third-order valence-electron chi connectivity index (χ3n) is 4.27. The Balaban J connectivity index is 2.11. The van der Waals surface area contributed by atoms with E-state index in [2.05, 4.69) is 0 Å². The van der Waals surface area contributed by atoms with E-state index >= 15 is 0 Å². The van der Waals surface area contributed by atoms with Gasteiger partial charge >= 0.3 is 7.05 Å². The van der Waals surface area contributed by atoms with E-state index < -0.39 is 13.2 Å². The van der Waals surface area contributed by atoms with Crippen molar-refractivity contribution >= 4 is 7.05 Å². The molecule has 1 aliphatic rings. The van der Waals surface area contributed by atoms with Crippen molar-refractivity contribution in [1.29, 1.82) is 0 Å². The molecule has 6 heteroatoms. The zero-order chi connectivity index (χ0) is 15.4. The fraction of sp³-hybridized carbons (Fsp3) is 0.600. The van der Waals surface area contributed by atoms with Gasteiger partial charge in [-0.05, 0) is 43.8 Å². The van der Waals surface area contributed by atoms with Gasteiger partial charge in [-0.15, -0.1) is 0 Å². The van der Waals surface area contributed by atoms with Crippen LogP contribution in [0.1, 0.15) is 18.4 Å². The van der Waals surface area contributed by atoms with Crippen LogP contribution in [0.5, 0.6) is 5.75 Å². The predicted octanol–water partition coefficient (Wildman–Crippen LogP) is 0.534. The maximum absolute atomic E-state index is 10.0. The van der Waals surface area contributed by atoms with Crippen molar-refractivity contribution in [2.45, 2.75) is 44.3 Å². The number of aliphatic hydroxyl groups is 2. The second-order valence-corrected chi connectivity index (χ2v) is 5.68. The summed E-state index contributed by atoms with van der Waals surface area (Å²) in [6, 6.07) is 7.86. The minimum Gasteiger partial charge on any atom is -0.497 e. The van der Waals surface area contributed by atoms with Crippen LogP contribution in [0.4, 0.5) is 0 Å². The summed E-state index contributed by atoms with van der Waals surface area (Å²) in [5.74, 6) is 0.820. The molecule has 21 heavy (non-hydrogen) atoms. The summed E-state index contributed by atoms with van der Waals surface area (Å²) in [5.41, 5.74) is 1.14. The van der Waals surface area contributed by atoms with Gasteiger partial charge in [-0.25, -0.2) is 0 Å². The molecule has 0 amide bonds. The molecule has 0 bridgehead atoms. The van der Waals surface area contributed by atoms with Crippen molar-refractivity contribution in [3.8, 4) is 5.75 Å². The normalized spacial score (nSPS) is 24.0. The average Bonchev–Trinajstić information content (AvgIpc) is 2.90. The molecule has 1 heterocycles. The highest BCUT2D eigenvalue weighted by Crippen LogP contribution is 2.30. The van der Waals surface area contributed by atoms with E-state index in [0.29, 0.717) is 0 Å². The van der Waals surface area contributed by atoms with Gasteiger partial charge in [-0.3, -0.25) is 0 Å². The fourth-order valence-corrected chi connectivity index (χ4v) is 3.31. The number of benzene rings is 1. The first-order chi connectivity index (χ1) is 10.1. The first kappa shape index (κ1) is 16.3. The lowest BCUT2D eigenvalue weighted by Crippen LogP contribution is -2.51. The summed E-state index contributed by atoms with van der Waals surface area (Å²) >= 11 is 0. The first-order valence-corrected chi connectivity index (χ1v) is 7.44. The molecule has 0 radical (unpaired) electrons. The highest BCUT2D eigenvalue weighted by Gasteiger charge is 2.40. The molecule has 3 N–H and O–H groups in total. The number of nitrogens with zero attached hydrogens (tertiary/aromatic N) is 1. The molecular formula is C15H24BNO4. The maximum Gasteiger partial charge on any atom is 0.376 e. The van der Waals surface area contributed by atoms with E-state index in [1.165, 1.54) is 0 Å². The highest BCUT2D eigenvalue weighted by molar-refractivity contribution is 6.45. The second-order valence-electron chi connectivity index (χ2n) is 5.68. The van der Waals surface area contributed by atoms with Crippen LogP contribution in [0.25, 0.3) is 0 Å². The second kappa shape index (κ2) is 7.27. The number of hydrogen-bond acceptors (Lipinski definition) is 5. The number of aliphatic hydroxyl groups excluding tert-OH is 2. The van der Waals surface area contributed by atoms with Gasteiger partial charge in [0.15, 0.2) is 0 Å². The molecule has 3 atom stereocenters. The van der Waals surface area contributed by atoms with Crippen molar-refractivity contribution in [3.05, 3.63) is 29.8 Å². The van der Waals surface area contributed by atoms with Crippen LogP contribution in [0.3, 0.4) is 0 Å². The Kier molecular flexibility index (Phi) is 5.64. The first-order valence-electron chi connectivity index (χ1n) is 7.44. The average molecular weight is 293 g/mol. The van der Waals surface area contributed by atoms with E-state index in [1.807, 2.05) is 29.1 Å². The topological polar surface area (TPSA) is 73.2 Å². The quantitative estimate of drug-likeness (QED) is 0.667. The van der Waals surface area contributed by atoms with Crippen molar-refractivity contribution in [2.75, 3.05) is 13.7 Å². The van der Waals surface area contributed by atoms with Gasteiger partial charge in [0.05, 0.1) is 19.8 Å². The lowest BCUT2D eigenvalue weighted by Gasteiger charge is -2.33. The van der Waals surface area contributed by atoms with E-state index in [-0.39, 0.29) is 18.7 Å². The summed E-state index contributed by atoms with van der Waals surface area (Å²) in [5, 5.41) is 29.1. The van der Waals surface area contributed by atoms with Crippen LogP contribution in [0.2, 0.25) is 6.82 Å². The Morgan fingerprint density at radius 3 is 2.81 bits per heavy atom. The molecule has 0 spiro atoms. The maximum atomic E-state index is 10.0. The van der Waals surface area contributed by atoms with Gasteiger partial charge in [-0.1, -0.05) is 12.1 Å². The Morgan fingerprint density at radius 1 is 1.43 bits per heavy atom. The molecule has 0 aliphatic carbocycles. The molecule has 5 nitrogen and oxygen atoms in total. The SMILES string of the molecule is COc1cccc(C[C@@H]2CC[C@H]([C@@H](O)CO)N2B(C)O)c1. The van der Waals surface area contributed by atoms with Gasteiger partial charge in [0.2, 0.25) is 0 Å². The van der Waals surface area contributed by atoms with Crippen LogP contribution >= 0.6 is 0 Å². The van der Waals surface area contributed by atoms with E-state index in [9.17, 15) is 10.1 Å². The molecule has 1 saturated heterocycles. The standard InChI is InChI=1S/C15H24BNO4/c1-16(20)17-12(6-7-14(17)15(19)10-18)8-11-4-3-5-13(9-11)21-2/h3-5,9,12,14-15,18-20H,6-8,10H2,1-2H3/t12-,14+,15-/m0/s1. The zero-order valence-corrected chi connectivity index (χ0v) is 12.6. The van der Waals surface area contributed by atoms with Crippen LogP contribution in [-0.2, 0) is 6.42 Å². The summed E-state index contributed by atoms with van der Waals surface area (Å²) in [6.45, 7) is 1.43. The summed E-state index contributed by atoms with van der Waals surface area (Å²) in [7, 11) is 0.999. The lowest BCUT2D eigenvalue weighted by atomic mass is 9.81. The number of methoxy groups -OCH3 is 1. The summed E-state index contributed by atoms with van der Waals surface area (Å²) in [4.78, 5) is 1.92. The summed E-state index contributed by atoms with van der Waals surface area (Å²) in [6.07, 6.45) is 1.65. The van der Waals surface area contributed by atoms with Crippen molar-refractivity contribution in [3.63, 3.8) is 0 Å². The zero-order valence-electron chi connectivity index (χ0n) is 12.6. The minimum atomic E-state index is -0.810. The lowest BCUT2D eigenvalue weighted by molar-refractivity contribution is 0.0394.